The smallest absolute Gasteiger partial charge is 0.121 e. The summed E-state index contributed by atoms with van der Waals surface area (Å²) in [5.74, 6) is 0.357. The maximum atomic E-state index is 9.85. The van der Waals surface area contributed by atoms with Crippen LogP contribution >= 0.6 is 0 Å². The van der Waals surface area contributed by atoms with E-state index in [1.807, 2.05) is 6.07 Å². The third-order valence-electron chi connectivity index (χ3n) is 5.01. The zero-order valence-electron chi connectivity index (χ0n) is 13.4. The van der Waals surface area contributed by atoms with Crippen LogP contribution in [0.2, 0.25) is 0 Å². The standard InChI is InChI=1S/C17H27NO2.ClH/c1-4-9-20-15-10-12-7-8-13(19)11-14(12)17(5-2,6-3)16(15)18;/h7-8,11,15-16,19H,4-6,9-10,18H2,1-3H3;1H. The Hall–Kier alpha value is -0.770. The first-order chi connectivity index (χ1) is 9.58. The summed E-state index contributed by atoms with van der Waals surface area (Å²) < 4.78 is 6.07. The summed E-state index contributed by atoms with van der Waals surface area (Å²) in [6.07, 6.45) is 4.19. The van der Waals surface area contributed by atoms with Crippen LogP contribution in [0.25, 0.3) is 0 Å². The molecule has 2 atom stereocenters. The molecule has 1 aromatic carbocycles. The van der Waals surface area contributed by atoms with Crippen molar-refractivity contribution < 1.29 is 28.0 Å². The number of hydrogen-bond donors (Lipinski definition) is 2. The molecule has 0 heterocycles. The molecule has 0 bridgehead atoms. The molecule has 0 fully saturated rings. The van der Waals surface area contributed by atoms with Gasteiger partial charge < -0.3 is 28.0 Å². The maximum absolute atomic E-state index is 9.85. The Morgan fingerprint density at radius 2 is 1.95 bits per heavy atom. The van der Waals surface area contributed by atoms with Gasteiger partial charge in [0.15, 0.2) is 0 Å². The lowest BCUT2D eigenvalue weighted by molar-refractivity contribution is -0.460. The Morgan fingerprint density at radius 3 is 2.52 bits per heavy atom. The lowest BCUT2D eigenvalue weighted by Gasteiger charge is -2.44. The molecule has 0 radical (unpaired) electrons. The van der Waals surface area contributed by atoms with E-state index in [0.29, 0.717) is 5.75 Å². The van der Waals surface area contributed by atoms with Gasteiger partial charge in [-0.2, -0.15) is 0 Å². The molecule has 0 spiro atoms. The third kappa shape index (κ3) is 3.20. The Bertz CT molecular complexity index is 460. The fraction of sp³-hybridized carbons (Fsp3) is 0.647. The van der Waals surface area contributed by atoms with Crippen LogP contribution in [0.15, 0.2) is 18.2 Å². The average molecular weight is 314 g/mol. The number of rotatable bonds is 5. The van der Waals surface area contributed by atoms with Gasteiger partial charge in [-0.15, -0.1) is 0 Å². The SMILES string of the molecule is CCCOC1Cc2ccc(O)cc2C(CC)(CC)C1[NH3+].[Cl-]. The van der Waals surface area contributed by atoms with Crippen molar-refractivity contribution in [1.29, 1.82) is 0 Å². The molecule has 3 nitrogen and oxygen atoms in total. The quantitative estimate of drug-likeness (QED) is 0.764. The molecule has 2 unspecified atom stereocenters. The van der Waals surface area contributed by atoms with Gasteiger partial charge in [-0.05, 0) is 42.5 Å². The van der Waals surface area contributed by atoms with Crippen LogP contribution in [0.5, 0.6) is 5.75 Å². The van der Waals surface area contributed by atoms with Crippen LogP contribution in [0.1, 0.15) is 51.2 Å². The van der Waals surface area contributed by atoms with Crippen LogP contribution in [-0.2, 0) is 16.6 Å². The number of fused-ring (bicyclic) bond motifs is 1. The van der Waals surface area contributed by atoms with Gasteiger partial charge in [-0.3, -0.25) is 0 Å². The molecule has 1 aromatic rings. The number of phenols is 1. The minimum atomic E-state index is 0. The zero-order chi connectivity index (χ0) is 14.8. The van der Waals surface area contributed by atoms with E-state index in [1.165, 1.54) is 11.1 Å². The van der Waals surface area contributed by atoms with Gasteiger partial charge in [0, 0.05) is 18.4 Å². The molecule has 4 heteroatoms. The molecular weight excluding hydrogens is 286 g/mol. The van der Waals surface area contributed by atoms with Crippen LogP contribution in [0.4, 0.5) is 0 Å². The number of halogens is 1. The molecule has 0 aliphatic heterocycles. The Kier molecular flexibility index (Phi) is 6.51. The lowest BCUT2D eigenvalue weighted by Crippen LogP contribution is -3.00. The van der Waals surface area contributed by atoms with Crippen molar-refractivity contribution in [2.75, 3.05) is 6.61 Å². The van der Waals surface area contributed by atoms with E-state index in [4.69, 9.17) is 4.74 Å². The fourth-order valence-corrected chi connectivity index (χ4v) is 3.72. The highest BCUT2D eigenvalue weighted by Crippen LogP contribution is 2.43. The highest BCUT2D eigenvalue weighted by Gasteiger charge is 2.48. The van der Waals surface area contributed by atoms with Crippen LogP contribution in [-0.4, -0.2) is 23.9 Å². The Balaban J connectivity index is 0.00000220. The van der Waals surface area contributed by atoms with Crippen molar-refractivity contribution in [1.82, 2.24) is 0 Å². The number of benzene rings is 1. The van der Waals surface area contributed by atoms with Gasteiger partial charge in [0.1, 0.15) is 17.9 Å². The monoisotopic (exact) mass is 313 g/mol. The van der Waals surface area contributed by atoms with Crippen molar-refractivity contribution in [3.63, 3.8) is 0 Å². The Morgan fingerprint density at radius 1 is 1.29 bits per heavy atom. The van der Waals surface area contributed by atoms with Gasteiger partial charge >= 0.3 is 0 Å². The molecule has 0 aromatic heterocycles. The third-order valence-corrected chi connectivity index (χ3v) is 5.01. The minimum Gasteiger partial charge on any atom is -1.00 e. The molecule has 21 heavy (non-hydrogen) atoms. The normalized spacial score (nSPS) is 23.2. The minimum absolute atomic E-state index is 0. The van der Waals surface area contributed by atoms with E-state index >= 15 is 0 Å². The second-order valence-electron chi connectivity index (χ2n) is 5.92. The Labute approximate surface area is 134 Å². The maximum Gasteiger partial charge on any atom is 0.121 e. The molecule has 1 aliphatic rings. The topological polar surface area (TPSA) is 57.1 Å². The summed E-state index contributed by atoms with van der Waals surface area (Å²) >= 11 is 0. The summed E-state index contributed by atoms with van der Waals surface area (Å²) in [7, 11) is 0. The van der Waals surface area contributed by atoms with Crippen molar-refractivity contribution in [2.45, 2.75) is 64.0 Å². The van der Waals surface area contributed by atoms with Crippen molar-refractivity contribution >= 4 is 0 Å². The number of ether oxygens (including phenoxy) is 1. The van der Waals surface area contributed by atoms with E-state index in [2.05, 4.69) is 32.6 Å². The van der Waals surface area contributed by atoms with Crippen molar-refractivity contribution in [3.8, 4) is 5.75 Å². The van der Waals surface area contributed by atoms with Gasteiger partial charge in [-0.1, -0.05) is 26.8 Å². The number of quaternary nitrogens is 1. The summed E-state index contributed by atoms with van der Waals surface area (Å²) in [6, 6.07) is 6.02. The second-order valence-corrected chi connectivity index (χ2v) is 5.92. The number of phenolic OH excluding ortho intramolecular Hbond substituents is 1. The highest BCUT2D eigenvalue weighted by atomic mass is 35.5. The average Bonchev–Trinajstić information content (AvgIpc) is 2.46. The van der Waals surface area contributed by atoms with Crippen LogP contribution in [0.3, 0.4) is 0 Å². The van der Waals surface area contributed by atoms with Gasteiger partial charge in [0.2, 0.25) is 0 Å². The molecule has 4 N–H and O–H groups in total. The predicted octanol–water partition coefficient (Wildman–Crippen LogP) is -0.584. The molecule has 0 saturated heterocycles. The summed E-state index contributed by atoms with van der Waals surface area (Å²) in [5, 5.41) is 9.85. The van der Waals surface area contributed by atoms with Crippen molar-refractivity contribution in [2.24, 2.45) is 0 Å². The van der Waals surface area contributed by atoms with E-state index in [1.54, 1.807) is 6.07 Å². The van der Waals surface area contributed by atoms with E-state index in [9.17, 15) is 5.11 Å². The highest BCUT2D eigenvalue weighted by molar-refractivity contribution is 5.44. The first kappa shape index (κ1) is 18.3. The van der Waals surface area contributed by atoms with Gasteiger partial charge in [0.05, 0.1) is 0 Å². The fourth-order valence-electron chi connectivity index (χ4n) is 3.72. The first-order valence-corrected chi connectivity index (χ1v) is 7.86. The number of hydrogen-bond acceptors (Lipinski definition) is 2. The molecule has 0 saturated carbocycles. The zero-order valence-corrected chi connectivity index (χ0v) is 14.1. The summed E-state index contributed by atoms with van der Waals surface area (Å²) in [6.45, 7) is 7.38. The van der Waals surface area contributed by atoms with Gasteiger partial charge in [0.25, 0.3) is 0 Å². The summed E-state index contributed by atoms with van der Waals surface area (Å²) in [5.41, 5.74) is 7.06. The lowest BCUT2D eigenvalue weighted by atomic mass is 9.63. The first-order valence-electron chi connectivity index (χ1n) is 7.86. The molecule has 0 amide bonds. The van der Waals surface area contributed by atoms with E-state index < -0.39 is 0 Å². The van der Waals surface area contributed by atoms with E-state index in [-0.39, 0.29) is 30.0 Å². The predicted molar refractivity (Wildman–Crippen MR) is 80.8 cm³/mol. The second kappa shape index (κ2) is 7.48. The van der Waals surface area contributed by atoms with Crippen LogP contribution < -0.4 is 18.1 Å². The molecule has 120 valence electrons. The molecule has 1 aliphatic carbocycles. The van der Waals surface area contributed by atoms with Gasteiger partial charge in [-0.25, -0.2) is 0 Å². The summed E-state index contributed by atoms with van der Waals surface area (Å²) in [4.78, 5) is 0. The van der Waals surface area contributed by atoms with Crippen LogP contribution in [0, 0.1) is 0 Å². The van der Waals surface area contributed by atoms with E-state index in [0.717, 1.165) is 32.3 Å². The largest absolute Gasteiger partial charge is 1.00 e. The molecule has 2 rings (SSSR count). The molecular formula is C17H28ClNO2. The van der Waals surface area contributed by atoms with Crippen molar-refractivity contribution in [3.05, 3.63) is 29.3 Å². The number of aromatic hydroxyl groups is 1.